The zero-order valence-electron chi connectivity index (χ0n) is 13.5. The molecule has 120 valence electrons. The van der Waals surface area contributed by atoms with E-state index in [9.17, 15) is 4.79 Å². The molecule has 3 nitrogen and oxygen atoms in total. The van der Waals surface area contributed by atoms with E-state index < -0.39 is 0 Å². The summed E-state index contributed by atoms with van der Waals surface area (Å²) in [7, 11) is 0. The maximum Gasteiger partial charge on any atom is 0.255 e. The summed E-state index contributed by atoms with van der Waals surface area (Å²) in [6, 6.07) is 16.8. The largest absolute Gasteiger partial charge is 0.322 e. The maximum absolute atomic E-state index is 12.7. The predicted molar refractivity (Wildman–Crippen MR) is 98.6 cm³/mol. The first-order valence-corrected chi connectivity index (χ1v) is 8.02. The third-order valence-corrected chi connectivity index (χ3v) is 4.19. The van der Waals surface area contributed by atoms with Gasteiger partial charge < -0.3 is 5.32 Å². The van der Waals surface area contributed by atoms with Gasteiger partial charge in [0.25, 0.3) is 5.91 Å². The van der Waals surface area contributed by atoms with Gasteiger partial charge in [-0.2, -0.15) is 0 Å². The zero-order chi connectivity index (χ0) is 17.1. The number of pyridine rings is 1. The molecule has 1 aromatic heterocycles. The number of nitrogens with zero attached hydrogens (tertiary/aromatic N) is 1. The zero-order valence-corrected chi connectivity index (χ0v) is 14.3. The highest BCUT2D eigenvalue weighted by molar-refractivity contribution is 6.30. The lowest BCUT2D eigenvalue weighted by molar-refractivity contribution is 0.102. The molecule has 1 N–H and O–H groups in total. The maximum atomic E-state index is 12.7. The van der Waals surface area contributed by atoms with E-state index in [-0.39, 0.29) is 5.91 Å². The summed E-state index contributed by atoms with van der Waals surface area (Å²) in [6.45, 7) is 3.85. The Balaban J connectivity index is 1.93. The Kier molecular flexibility index (Phi) is 4.63. The third kappa shape index (κ3) is 3.31. The van der Waals surface area contributed by atoms with Gasteiger partial charge in [0.05, 0.1) is 5.69 Å². The van der Waals surface area contributed by atoms with Crippen LogP contribution in [0.5, 0.6) is 0 Å². The molecule has 3 aromatic rings. The van der Waals surface area contributed by atoms with E-state index in [1.165, 1.54) is 0 Å². The average molecular weight is 337 g/mol. The number of hydrogen-bond acceptors (Lipinski definition) is 2. The third-order valence-electron chi connectivity index (χ3n) is 3.96. The van der Waals surface area contributed by atoms with Crippen LogP contribution in [0.15, 0.2) is 60.8 Å². The first-order valence-electron chi connectivity index (χ1n) is 7.65. The van der Waals surface area contributed by atoms with Gasteiger partial charge >= 0.3 is 0 Å². The van der Waals surface area contributed by atoms with Gasteiger partial charge in [0.1, 0.15) is 0 Å². The molecule has 2 aromatic carbocycles. The second kappa shape index (κ2) is 6.85. The molecule has 0 unspecified atom stereocenters. The van der Waals surface area contributed by atoms with Crippen LogP contribution in [0.1, 0.15) is 21.5 Å². The topological polar surface area (TPSA) is 42.0 Å². The predicted octanol–water partition coefficient (Wildman–Crippen LogP) is 5.27. The molecule has 0 fully saturated rings. The van der Waals surface area contributed by atoms with Crippen molar-refractivity contribution in [2.24, 2.45) is 0 Å². The summed E-state index contributed by atoms with van der Waals surface area (Å²) in [5.41, 5.74) is 5.03. The molecule has 24 heavy (non-hydrogen) atoms. The van der Waals surface area contributed by atoms with Crippen molar-refractivity contribution in [1.29, 1.82) is 0 Å². The fourth-order valence-electron chi connectivity index (χ4n) is 2.64. The number of anilines is 1. The molecule has 0 aliphatic heterocycles. The quantitative estimate of drug-likeness (QED) is 0.707. The summed E-state index contributed by atoms with van der Waals surface area (Å²) in [6.07, 6.45) is 1.75. The van der Waals surface area contributed by atoms with E-state index in [2.05, 4.69) is 10.3 Å². The molecule has 0 atom stereocenters. The summed E-state index contributed by atoms with van der Waals surface area (Å²) < 4.78 is 0. The van der Waals surface area contributed by atoms with Crippen molar-refractivity contribution in [2.75, 3.05) is 5.32 Å². The number of rotatable bonds is 3. The highest BCUT2D eigenvalue weighted by Gasteiger charge is 2.14. The second-order valence-electron chi connectivity index (χ2n) is 5.61. The first kappa shape index (κ1) is 16.2. The molecule has 0 spiro atoms. The molecular formula is C20H17ClN2O. The van der Waals surface area contributed by atoms with Crippen molar-refractivity contribution in [3.05, 3.63) is 82.5 Å². The number of halogens is 1. The number of nitrogens with one attached hydrogen (secondary N) is 1. The van der Waals surface area contributed by atoms with Crippen LogP contribution in [0.25, 0.3) is 11.3 Å². The Morgan fingerprint density at radius 3 is 2.58 bits per heavy atom. The summed E-state index contributed by atoms with van der Waals surface area (Å²) >= 11 is 5.96. The SMILES string of the molecule is Cc1cc(Cl)ccc1NC(=O)c1cccc(-c2ccccn2)c1C. The second-order valence-corrected chi connectivity index (χ2v) is 6.04. The molecule has 0 saturated heterocycles. The summed E-state index contributed by atoms with van der Waals surface area (Å²) in [5, 5.41) is 3.61. The summed E-state index contributed by atoms with van der Waals surface area (Å²) in [5.74, 6) is -0.143. The number of carbonyl (C=O) groups excluding carboxylic acids is 1. The fourth-order valence-corrected chi connectivity index (χ4v) is 2.86. The smallest absolute Gasteiger partial charge is 0.255 e. The molecular weight excluding hydrogens is 320 g/mol. The van der Waals surface area contributed by atoms with Crippen LogP contribution in [0.4, 0.5) is 5.69 Å². The number of aryl methyl sites for hydroxylation is 1. The Morgan fingerprint density at radius 2 is 1.88 bits per heavy atom. The van der Waals surface area contributed by atoms with Gasteiger partial charge in [0.15, 0.2) is 0 Å². The van der Waals surface area contributed by atoms with Crippen LogP contribution in [0.2, 0.25) is 5.02 Å². The van der Waals surface area contributed by atoms with Crippen LogP contribution in [0, 0.1) is 13.8 Å². The number of benzene rings is 2. The van der Waals surface area contributed by atoms with E-state index in [4.69, 9.17) is 11.6 Å². The Bertz CT molecular complexity index is 891. The molecule has 0 saturated carbocycles. The number of amides is 1. The van der Waals surface area contributed by atoms with Gasteiger partial charge in [0.2, 0.25) is 0 Å². The van der Waals surface area contributed by atoms with Crippen molar-refractivity contribution in [3.63, 3.8) is 0 Å². The van der Waals surface area contributed by atoms with E-state index in [1.807, 2.05) is 62.4 Å². The van der Waals surface area contributed by atoms with Crippen LogP contribution in [0.3, 0.4) is 0 Å². The summed E-state index contributed by atoms with van der Waals surface area (Å²) in [4.78, 5) is 17.1. The highest BCUT2D eigenvalue weighted by Crippen LogP contribution is 2.25. The highest BCUT2D eigenvalue weighted by atomic mass is 35.5. The lowest BCUT2D eigenvalue weighted by atomic mass is 9.99. The molecule has 3 rings (SSSR count). The lowest BCUT2D eigenvalue weighted by Crippen LogP contribution is -2.14. The van der Waals surface area contributed by atoms with Crippen molar-refractivity contribution < 1.29 is 4.79 Å². The monoisotopic (exact) mass is 336 g/mol. The van der Waals surface area contributed by atoms with E-state index >= 15 is 0 Å². The molecule has 1 heterocycles. The van der Waals surface area contributed by atoms with Gasteiger partial charge in [-0.1, -0.05) is 29.8 Å². The number of aromatic nitrogens is 1. The minimum Gasteiger partial charge on any atom is -0.322 e. The molecule has 1 amide bonds. The van der Waals surface area contributed by atoms with Gasteiger partial charge in [-0.15, -0.1) is 0 Å². The van der Waals surface area contributed by atoms with Crippen molar-refractivity contribution in [2.45, 2.75) is 13.8 Å². The first-order chi connectivity index (χ1) is 11.6. The van der Waals surface area contributed by atoms with Crippen LogP contribution >= 0.6 is 11.6 Å². The van der Waals surface area contributed by atoms with Crippen molar-refractivity contribution in [3.8, 4) is 11.3 Å². The molecule has 0 bridgehead atoms. The van der Waals surface area contributed by atoms with Crippen molar-refractivity contribution >= 4 is 23.2 Å². The van der Waals surface area contributed by atoms with Crippen LogP contribution in [-0.2, 0) is 0 Å². The van der Waals surface area contributed by atoms with Crippen LogP contribution < -0.4 is 5.32 Å². The fraction of sp³-hybridized carbons (Fsp3) is 0.100. The number of hydrogen-bond donors (Lipinski definition) is 1. The van der Waals surface area contributed by atoms with E-state index in [1.54, 1.807) is 12.3 Å². The molecule has 0 aliphatic rings. The van der Waals surface area contributed by atoms with E-state index in [0.29, 0.717) is 10.6 Å². The van der Waals surface area contributed by atoms with Gasteiger partial charge in [0, 0.05) is 28.0 Å². The van der Waals surface area contributed by atoms with Gasteiger partial charge in [-0.25, -0.2) is 0 Å². The Morgan fingerprint density at radius 1 is 1.04 bits per heavy atom. The average Bonchev–Trinajstić information content (AvgIpc) is 2.58. The van der Waals surface area contributed by atoms with Crippen molar-refractivity contribution in [1.82, 2.24) is 4.98 Å². The minimum atomic E-state index is -0.143. The van der Waals surface area contributed by atoms with E-state index in [0.717, 1.165) is 28.1 Å². The minimum absolute atomic E-state index is 0.143. The number of carbonyl (C=O) groups is 1. The Labute approximate surface area is 146 Å². The van der Waals surface area contributed by atoms with Gasteiger partial charge in [-0.3, -0.25) is 9.78 Å². The molecule has 0 radical (unpaired) electrons. The molecule has 0 aliphatic carbocycles. The normalized spacial score (nSPS) is 10.5. The van der Waals surface area contributed by atoms with Gasteiger partial charge in [-0.05, 0) is 61.4 Å². The van der Waals surface area contributed by atoms with Crippen LogP contribution in [-0.4, -0.2) is 10.9 Å². The molecule has 4 heteroatoms. The standard InChI is InChI=1S/C20H17ClN2O/c1-13-12-15(21)9-10-18(13)23-20(24)17-7-5-6-16(14(17)2)19-8-3-4-11-22-19/h3-12H,1-2H3,(H,23,24). The Hall–Kier alpha value is -2.65. The lowest BCUT2D eigenvalue weighted by Gasteiger charge is -2.13.